The zero-order valence-corrected chi connectivity index (χ0v) is 20.9. The first-order valence-electron chi connectivity index (χ1n) is 12.2. The van der Waals surface area contributed by atoms with Crippen LogP contribution in [0, 0.1) is 17.6 Å². The highest BCUT2D eigenvalue weighted by Gasteiger charge is 2.28. The van der Waals surface area contributed by atoms with Gasteiger partial charge in [-0.1, -0.05) is 50.2 Å². The zero-order valence-electron chi connectivity index (χ0n) is 20.9. The predicted octanol–water partition coefficient (Wildman–Crippen LogP) is 5.26. The number of carbonyl (C=O) groups is 2. The molecule has 0 aliphatic carbocycles. The van der Waals surface area contributed by atoms with Gasteiger partial charge in [0.15, 0.2) is 0 Å². The largest absolute Gasteiger partial charge is 0.481 e. The minimum Gasteiger partial charge on any atom is -0.481 e. The molecule has 4 rings (SSSR count). The fourth-order valence-corrected chi connectivity index (χ4v) is 4.48. The minimum absolute atomic E-state index is 0.0226. The first-order chi connectivity index (χ1) is 18.2. The quantitative estimate of drug-likeness (QED) is 0.314. The summed E-state index contributed by atoms with van der Waals surface area (Å²) < 4.78 is 30.1. The molecule has 196 valence electrons. The third-order valence-electron chi connectivity index (χ3n) is 6.26. The molecule has 1 heterocycles. The van der Waals surface area contributed by atoms with Gasteiger partial charge in [0.25, 0.3) is 5.56 Å². The van der Waals surface area contributed by atoms with Gasteiger partial charge in [0.2, 0.25) is 5.91 Å². The summed E-state index contributed by atoms with van der Waals surface area (Å²) in [6, 6.07) is 14.4. The fraction of sp³-hybridized carbons (Fsp3) is 0.241. The number of fused-ring (bicyclic) bond motifs is 1. The number of benzene rings is 3. The van der Waals surface area contributed by atoms with Crippen molar-refractivity contribution in [3.05, 3.63) is 101 Å². The molecule has 4 aromatic rings. The summed E-state index contributed by atoms with van der Waals surface area (Å²) in [6.45, 7) is 3.81. The van der Waals surface area contributed by atoms with Crippen molar-refractivity contribution in [3.8, 4) is 11.1 Å². The summed E-state index contributed by atoms with van der Waals surface area (Å²) in [6.07, 6.45) is 1.14. The number of rotatable bonds is 9. The number of nitrogens with zero attached hydrogens (tertiary/aromatic N) is 2. The molecule has 2 N–H and O–H groups in total. The Labute approximate surface area is 217 Å². The van der Waals surface area contributed by atoms with Gasteiger partial charge in [0, 0.05) is 0 Å². The Kier molecular flexibility index (Phi) is 7.95. The van der Waals surface area contributed by atoms with E-state index in [1.165, 1.54) is 29.1 Å². The third kappa shape index (κ3) is 5.77. The van der Waals surface area contributed by atoms with Crippen molar-refractivity contribution in [2.45, 2.75) is 38.8 Å². The van der Waals surface area contributed by atoms with E-state index in [-0.39, 0.29) is 22.6 Å². The number of hydrogen-bond acceptors (Lipinski definition) is 4. The fourth-order valence-electron chi connectivity index (χ4n) is 4.48. The van der Waals surface area contributed by atoms with Crippen LogP contribution in [0.3, 0.4) is 0 Å². The third-order valence-corrected chi connectivity index (χ3v) is 6.26. The highest BCUT2D eigenvalue weighted by atomic mass is 19.1. The standard InChI is InChI=1S/C29H27F2N3O4/c1-17(2)13-25(34-16-32-23-12-4-3-9-20(23)29(34)38)28(37)33-24(15-26(35)36)18-7-5-8-19(14-18)27-21(30)10-6-11-22(27)31/h3-12,14,16-17,24-25H,13,15H2,1-2H3,(H,33,37)(H,35,36)/t24-,25-/m0/s1. The van der Waals surface area contributed by atoms with Gasteiger partial charge in [-0.3, -0.25) is 19.0 Å². The molecule has 0 aliphatic rings. The number of aliphatic carboxylic acids is 1. The summed E-state index contributed by atoms with van der Waals surface area (Å²) in [4.78, 5) is 42.8. The summed E-state index contributed by atoms with van der Waals surface area (Å²) >= 11 is 0. The van der Waals surface area contributed by atoms with Crippen molar-refractivity contribution in [1.82, 2.24) is 14.9 Å². The molecule has 0 saturated carbocycles. The van der Waals surface area contributed by atoms with Crippen LogP contribution in [-0.4, -0.2) is 26.5 Å². The number of halogens is 2. The Morgan fingerprint density at radius 3 is 2.37 bits per heavy atom. The monoisotopic (exact) mass is 519 g/mol. The second-order valence-electron chi connectivity index (χ2n) is 9.50. The Hall–Kier alpha value is -4.40. The Balaban J connectivity index is 1.71. The summed E-state index contributed by atoms with van der Waals surface area (Å²) in [5.74, 6) is -3.24. The van der Waals surface area contributed by atoms with Crippen molar-refractivity contribution in [2.24, 2.45) is 5.92 Å². The van der Waals surface area contributed by atoms with Crippen LogP contribution in [0.1, 0.15) is 44.3 Å². The van der Waals surface area contributed by atoms with Gasteiger partial charge in [-0.25, -0.2) is 13.8 Å². The summed E-state index contributed by atoms with van der Waals surface area (Å²) in [7, 11) is 0. The van der Waals surface area contributed by atoms with E-state index >= 15 is 0 Å². The molecular weight excluding hydrogens is 492 g/mol. The molecule has 3 aromatic carbocycles. The van der Waals surface area contributed by atoms with Crippen LogP contribution in [0.5, 0.6) is 0 Å². The Morgan fingerprint density at radius 2 is 1.68 bits per heavy atom. The zero-order chi connectivity index (χ0) is 27.4. The number of carboxylic acid groups (broad SMARTS) is 1. The smallest absolute Gasteiger partial charge is 0.305 e. The molecule has 1 aromatic heterocycles. The lowest BCUT2D eigenvalue weighted by atomic mass is 9.96. The number of hydrogen-bond donors (Lipinski definition) is 2. The van der Waals surface area contributed by atoms with Crippen molar-refractivity contribution in [3.63, 3.8) is 0 Å². The number of nitrogens with one attached hydrogen (secondary N) is 1. The molecule has 0 aliphatic heterocycles. The number of carboxylic acids is 1. The van der Waals surface area contributed by atoms with Crippen LogP contribution in [0.25, 0.3) is 22.0 Å². The van der Waals surface area contributed by atoms with Crippen LogP contribution in [0.15, 0.2) is 77.9 Å². The Morgan fingerprint density at radius 1 is 1.00 bits per heavy atom. The van der Waals surface area contributed by atoms with Crippen LogP contribution in [0.2, 0.25) is 0 Å². The molecule has 0 fully saturated rings. The predicted molar refractivity (Wildman–Crippen MR) is 139 cm³/mol. The van der Waals surface area contributed by atoms with Gasteiger partial charge >= 0.3 is 5.97 Å². The first kappa shape index (κ1) is 26.7. The van der Waals surface area contributed by atoms with E-state index in [0.717, 1.165) is 12.1 Å². The minimum atomic E-state index is -1.18. The van der Waals surface area contributed by atoms with Gasteiger partial charge < -0.3 is 10.4 Å². The van der Waals surface area contributed by atoms with Crippen LogP contribution in [0.4, 0.5) is 8.78 Å². The average molecular weight is 520 g/mol. The lowest BCUT2D eigenvalue weighted by molar-refractivity contribution is -0.138. The van der Waals surface area contributed by atoms with Gasteiger partial charge in [-0.05, 0) is 53.8 Å². The molecule has 38 heavy (non-hydrogen) atoms. The van der Waals surface area contributed by atoms with E-state index in [1.807, 2.05) is 13.8 Å². The molecule has 9 heteroatoms. The van der Waals surface area contributed by atoms with Gasteiger partial charge in [0.05, 0.1) is 35.3 Å². The highest BCUT2D eigenvalue weighted by Crippen LogP contribution is 2.29. The number of aromatic nitrogens is 2. The molecule has 2 atom stereocenters. The number of para-hydroxylation sites is 1. The van der Waals surface area contributed by atoms with Gasteiger partial charge in [-0.2, -0.15) is 0 Å². The topological polar surface area (TPSA) is 101 Å². The SMILES string of the molecule is CC(C)C[C@@H](C(=O)N[C@@H](CC(=O)O)c1cccc(-c2c(F)cccc2F)c1)n1cnc2ccccc2c1=O. The summed E-state index contributed by atoms with van der Waals surface area (Å²) in [5.41, 5.74) is 0.424. The van der Waals surface area contributed by atoms with E-state index in [0.29, 0.717) is 22.9 Å². The molecular formula is C29H27F2N3O4. The van der Waals surface area contributed by atoms with Gasteiger partial charge in [0.1, 0.15) is 17.7 Å². The normalized spacial score (nSPS) is 12.9. The highest BCUT2D eigenvalue weighted by molar-refractivity contribution is 5.83. The number of amides is 1. The van der Waals surface area contributed by atoms with Crippen molar-refractivity contribution in [1.29, 1.82) is 0 Å². The van der Waals surface area contributed by atoms with Crippen molar-refractivity contribution in [2.75, 3.05) is 0 Å². The lowest BCUT2D eigenvalue weighted by Gasteiger charge is -2.25. The summed E-state index contributed by atoms with van der Waals surface area (Å²) in [5, 5.41) is 12.7. The first-order valence-corrected chi connectivity index (χ1v) is 12.2. The maximum absolute atomic E-state index is 14.4. The van der Waals surface area contributed by atoms with Gasteiger partial charge in [-0.15, -0.1) is 0 Å². The molecule has 1 amide bonds. The van der Waals surface area contributed by atoms with Crippen molar-refractivity contribution < 1.29 is 23.5 Å². The van der Waals surface area contributed by atoms with E-state index in [2.05, 4.69) is 10.3 Å². The molecule has 0 radical (unpaired) electrons. The van der Waals surface area contributed by atoms with Crippen molar-refractivity contribution >= 4 is 22.8 Å². The van der Waals surface area contributed by atoms with Crippen LogP contribution < -0.4 is 10.9 Å². The van der Waals surface area contributed by atoms with E-state index in [4.69, 9.17) is 0 Å². The maximum Gasteiger partial charge on any atom is 0.305 e. The second-order valence-corrected chi connectivity index (χ2v) is 9.50. The van der Waals surface area contributed by atoms with E-state index in [1.54, 1.807) is 36.4 Å². The maximum atomic E-state index is 14.4. The lowest BCUT2D eigenvalue weighted by Crippen LogP contribution is -2.40. The number of carbonyl (C=O) groups excluding carboxylic acids is 1. The van der Waals surface area contributed by atoms with Crippen LogP contribution >= 0.6 is 0 Å². The molecule has 0 saturated heterocycles. The molecule has 7 nitrogen and oxygen atoms in total. The molecule has 0 unspecified atom stereocenters. The average Bonchev–Trinajstić information content (AvgIpc) is 2.87. The van der Waals surface area contributed by atoms with Crippen LogP contribution in [-0.2, 0) is 9.59 Å². The molecule has 0 bridgehead atoms. The second kappa shape index (κ2) is 11.3. The van der Waals surface area contributed by atoms with E-state index < -0.39 is 42.0 Å². The Bertz CT molecular complexity index is 1530. The molecule has 0 spiro atoms. The van der Waals surface area contributed by atoms with E-state index in [9.17, 15) is 28.3 Å².